The van der Waals surface area contributed by atoms with Crippen LogP contribution in [0, 0.1) is 5.92 Å². The molecule has 4 atom stereocenters. The monoisotopic (exact) mass is 514 g/mol. The molecule has 198 valence electrons. The maximum atomic E-state index is 13.5. The Morgan fingerprint density at radius 3 is 2.56 bits per heavy atom. The number of ether oxygens (including phenoxy) is 2. The summed E-state index contributed by atoms with van der Waals surface area (Å²) in [7, 11) is 1.33. The third-order valence-electron chi connectivity index (χ3n) is 6.02. The molecule has 2 amide bonds. The standard InChI is InChI=1S/C24H29F3N2O7/c1-12(2)6-18(32)29(11-24(25,26)27)16-9-15(23(34)28-4-5-30)19-14-7-13(10-31)8-17(35-3)21(14)36-22(19)20(16)33/h7-10,12,16,19-20,22,30,33H,4-6,11H2,1-3H3,(H,28,34)/t16-,19+,20+,22+/m1/s1. The predicted molar refractivity (Wildman–Crippen MR) is 121 cm³/mol. The van der Waals surface area contributed by atoms with Crippen molar-refractivity contribution in [3.05, 3.63) is 34.9 Å². The van der Waals surface area contributed by atoms with E-state index in [2.05, 4.69) is 5.32 Å². The molecule has 36 heavy (non-hydrogen) atoms. The van der Waals surface area contributed by atoms with E-state index in [9.17, 15) is 32.7 Å². The molecule has 12 heteroatoms. The van der Waals surface area contributed by atoms with Gasteiger partial charge in [0.15, 0.2) is 11.5 Å². The molecular formula is C24H29F3N2O7. The van der Waals surface area contributed by atoms with Crippen LogP contribution in [0.5, 0.6) is 11.5 Å². The van der Waals surface area contributed by atoms with Crippen LogP contribution < -0.4 is 14.8 Å². The summed E-state index contributed by atoms with van der Waals surface area (Å²) in [5.74, 6) is -2.50. The number of methoxy groups -OCH3 is 1. The Hall–Kier alpha value is -3.12. The number of hydrogen-bond acceptors (Lipinski definition) is 7. The molecule has 0 saturated carbocycles. The van der Waals surface area contributed by atoms with Crippen LogP contribution in [0.2, 0.25) is 0 Å². The highest BCUT2D eigenvalue weighted by Crippen LogP contribution is 2.51. The van der Waals surface area contributed by atoms with E-state index in [4.69, 9.17) is 14.6 Å². The van der Waals surface area contributed by atoms with E-state index in [1.165, 1.54) is 19.2 Å². The van der Waals surface area contributed by atoms with Crippen molar-refractivity contribution in [3.8, 4) is 11.5 Å². The number of rotatable bonds is 9. The van der Waals surface area contributed by atoms with Crippen molar-refractivity contribution in [2.45, 2.75) is 50.6 Å². The Morgan fingerprint density at radius 2 is 2.00 bits per heavy atom. The van der Waals surface area contributed by atoms with Gasteiger partial charge >= 0.3 is 6.18 Å². The normalized spacial score (nSPS) is 22.8. The fourth-order valence-electron chi connectivity index (χ4n) is 4.58. The van der Waals surface area contributed by atoms with Gasteiger partial charge in [-0.25, -0.2) is 0 Å². The van der Waals surface area contributed by atoms with Gasteiger partial charge in [-0.3, -0.25) is 14.4 Å². The van der Waals surface area contributed by atoms with E-state index in [0.717, 1.165) is 6.08 Å². The molecule has 1 aromatic carbocycles. The highest BCUT2D eigenvalue weighted by Gasteiger charge is 2.52. The SMILES string of the molecule is COc1cc(C=O)cc2c1O[C@@H]1[C@@H](O)[C@H](N(CC(F)(F)F)C(=O)CC(C)C)C=C(C(=O)NCCO)[C@H]21. The van der Waals surface area contributed by atoms with E-state index in [0.29, 0.717) is 16.7 Å². The lowest BCUT2D eigenvalue weighted by atomic mass is 9.77. The lowest BCUT2D eigenvalue weighted by molar-refractivity contribution is -0.170. The third kappa shape index (κ3) is 5.65. The van der Waals surface area contributed by atoms with Gasteiger partial charge in [0.1, 0.15) is 25.0 Å². The molecule has 3 N–H and O–H groups in total. The second-order valence-electron chi connectivity index (χ2n) is 9.14. The minimum atomic E-state index is -4.77. The van der Waals surface area contributed by atoms with E-state index < -0.39 is 48.7 Å². The number of nitrogens with zero attached hydrogens (tertiary/aromatic N) is 1. The van der Waals surface area contributed by atoms with Gasteiger partial charge in [0.25, 0.3) is 0 Å². The van der Waals surface area contributed by atoms with Crippen molar-refractivity contribution in [2.75, 3.05) is 26.8 Å². The molecule has 0 bridgehead atoms. The van der Waals surface area contributed by atoms with Gasteiger partial charge in [0.05, 0.1) is 25.7 Å². The number of carbonyl (C=O) groups excluding carboxylic acids is 3. The third-order valence-corrected chi connectivity index (χ3v) is 6.02. The number of aldehydes is 1. The lowest BCUT2D eigenvalue weighted by Crippen LogP contribution is -2.57. The molecule has 1 heterocycles. The van der Waals surface area contributed by atoms with E-state index >= 15 is 0 Å². The second kappa shape index (κ2) is 10.9. The number of carbonyl (C=O) groups is 3. The largest absolute Gasteiger partial charge is 0.493 e. The van der Waals surface area contributed by atoms with Crippen molar-refractivity contribution < 1.29 is 47.2 Å². The van der Waals surface area contributed by atoms with Crippen molar-refractivity contribution in [1.29, 1.82) is 0 Å². The molecule has 0 aromatic heterocycles. The summed E-state index contributed by atoms with van der Waals surface area (Å²) in [6.07, 6.45) is -6.16. The molecule has 1 aliphatic carbocycles. The molecule has 1 aliphatic heterocycles. The minimum Gasteiger partial charge on any atom is -0.493 e. The number of hydrogen-bond donors (Lipinski definition) is 3. The van der Waals surface area contributed by atoms with Crippen molar-refractivity contribution in [1.82, 2.24) is 10.2 Å². The van der Waals surface area contributed by atoms with Gasteiger partial charge in [0, 0.05) is 29.7 Å². The highest BCUT2D eigenvalue weighted by molar-refractivity contribution is 5.96. The Kier molecular flexibility index (Phi) is 8.29. The fourth-order valence-corrected chi connectivity index (χ4v) is 4.58. The first-order valence-corrected chi connectivity index (χ1v) is 11.4. The average molecular weight is 514 g/mol. The van der Waals surface area contributed by atoms with Crippen LogP contribution in [0.4, 0.5) is 13.2 Å². The van der Waals surface area contributed by atoms with Crippen molar-refractivity contribution in [2.24, 2.45) is 5.92 Å². The number of amides is 2. The number of fused-ring (bicyclic) bond motifs is 3. The zero-order valence-electron chi connectivity index (χ0n) is 20.0. The van der Waals surface area contributed by atoms with Gasteiger partial charge in [-0.05, 0) is 24.1 Å². The number of alkyl halides is 3. The highest BCUT2D eigenvalue weighted by atomic mass is 19.4. The summed E-state index contributed by atoms with van der Waals surface area (Å²) >= 11 is 0. The molecule has 0 spiro atoms. The molecule has 0 fully saturated rings. The molecule has 1 aromatic rings. The van der Waals surface area contributed by atoms with Gasteiger partial charge < -0.3 is 29.9 Å². The Balaban J connectivity index is 2.15. The average Bonchev–Trinajstić information content (AvgIpc) is 3.20. The smallest absolute Gasteiger partial charge is 0.406 e. The molecule has 9 nitrogen and oxygen atoms in total. The maximum absolute atomic E-state index is 13.5. The summed E-state index contributed by atoms with van der Waals surface area (Å²) < 4.78 is 51.7. The maximum Gasteiger partial charge on any atom is 0.406 e. The van der Waals surface area contributed by atoms with Crippen LogP contribution in [-0.2, 0) is 9.59 Å². The number of nitrogens with one attached hydrogen (secondary N) is 1. The molecule has 2 aliphatic rings. The number of halogens is 3. The number of aliphatic hydroxyl groups excluding tert-OH is 2. The lowest BCUT2D eigenvalue weighted by Gasteiger charge is -2.41. The van der Waals surface area contributed by atoms with Crippen LogP contribution in [0.3, 0.4) is 0 Å². The summed E-state index contributed by atoms with van der Waals surface area (Å²) in [4.78, 5) is 37.9. The van der Waals surface area contributed by atoms with Crippen LogP contribution in [0.25, 0.3) is 0 Å². The zero-order valence-corrected chi connectivity index (χ0v) is 20.0. The predicted octanol–water partition coefficient (Wildman–Crippen LogP) is 1.57. The molecular weight excluding hydrogens is 485 g/mol. The Labute approximate surface area is 205 Å². The molecule has 0 radical (unpaired) electrons. The molecule has 0 saturated heterocycles. The van der Waals surface area contributed by atoms with Gasteiger partial charge in [-0.1, -0.05) is 13.8 Å². The van der Waals surface area contributed by atoms with Crippen LogP contribution >= 0.6 is 0 Å². The first-order valence-electron chi connectivity index (χ1n) is 11.4. The van der Waals surface area contributed by atoms with Crippen LogP contribution in [-0.4, -0.2) is 84.4 Å². The summed E-state index contributed by atoms with van der Waals surface area (Å²) in [6, 6.07) is 1.32. The van der Waals surface area contributed by atoms with Crippen molar-refractivity contribution in [3.63, 3.8) is 0 Å². The fraction of sp³-hybridized carbons (Fsp3) is 0.542. The van der Waals surface area contributed by atoms with Crippen molar-refractivity contribution >= 4 is 18.1 Å². The Morgan fingerprint density at radius 1 is 1.31 bits per heavy atom. The quantitative estimate of drug-likeness (QED) is 0.427. The van der Waals surface area contributed by atoms with E-state index in [1.807, 2.05) is 0 Å². The van der Waals surface area contributed by atoms with E-state index in [1.54, 1.807) is 13.8 Å². The van der Waals surface area contributed by atoms with Crippen LogP contribution in [0.15, 0.2) is 23.8 Å². The molecule has 0 unspecified atom stereocenters. The topological polar surface area (TPSA) is 125 Å². The summed E-state index contributed by atoms with van der Waals surface area (Å²) in [5.41, 5.74) is 0.477. The molecule has 3 rings (SSSR count). The Bertz CT molecular complexity index is 1040. The summed E-state index contributed by atoms with van der Waals surface area (Å²) in [5, 5.41) is 22.8. The minimum absolute atomic E-state index is 0.0582. The first-order chi connectivity index (χ1) is 16.9. The number of benzene rings is 1. The van der Waals surface area contributed by atoms with Gasteiger partial charge in [-0.2, -0.15) is 13.2 Å². The van der Waals surface area contributed by atoms with E-state index in [-0.39, 0.29) is 48.1 Å². The van der Waals surface area contributed by atoms with Crippen LogP contribution in [0.1, 0.15) is 42.1 Å². The number of aliphatic hydroxyl groups is 2. The van der Waals surface area contributed by atoms with Gasteiger partial charge in [-0.15, -0.1) is 0 Å². The zero-order chi connectivity index (χ0) is 26.8. The van der Waals surface area contributed by atoms with Gasteiger partial charge in [0.2, 0.25) is 11.8 Å². The first kappa shape index (κ1) is 27.5. The second-order valence-corrected chi connectivity index (χ2v) is 9.14. The summed E-state index contributed by atoms with van der Waals surface area (Å²) in [6.45, 7) is 1.20.